The lowest BCUT2D eigenvalue weighted by atomic mass is 10.2. The van der Waals surface area contributed by atoms with Crippen LogP contribution >= 0.6 is 11.8 Å². The first kappa shape index (κ1) is 17.4. The van der Waals surface area contributed by atoms with Crippen molar-refractivity contribution in [3.63, 3.8) is 0 Å². The number of carboxylic acid groups (broad SMARTS) is 1. The molecule has 1 heterocycles. The number of thioether (sulfide) groups is 1. The molecule has 1 aliphatic rings. The number of amidine groups is 1. The number of aliphatic carboxylic acids is 1. The van der Waals surface area contributed by atoms with Gasteiger partial charge in [-0.1, -0.05) is 11.8 Å². The Morgan fingerprint density at radius 1 is 1.54 bits per heavy atom. The van der Waals surface area contributed by atoms with E-state index >= 15 is 0 Å². The number of benzene rings is 1. The highest BCUT2D eigenvalue weighted by molar-refractivity contribution is 8.15. The molecule has 0 spiro atoms. The van der Waals surface area contributed by atoms with Gasteiger partial charge in [0.1, 0.15) is 11.0 Å². The lowest BCUT2D eigenvalue weighted by molar-refractivity contribution is -0.384. The van der Waals surface area contributed by atoms with E-state index in [-0.39, 0.29) is 17.3 Å². The fraction of sp³-hybridized carbons (Fsp3) is 0.231. The summed E-state index contributed by atoms with van der Waals surface area (Å²) in [6.07, 6.45) is 0.946. The van der Waals surface area contributed by atoms with E-state index in [1.807, 2.05) is 0 Å². The number of carboxylic acids is 1. The van der Waals surface area contributed by atoms with Crippen molar-refractivity contribution in [1.29, 1.82) is 0 Å². The van der Waals surface area contributed by atoms with Crippen molar-refractivity contribution in [3.05, 3.63) is 33.9 Å². The van der Waals surface area contributed by atoms with Gasteiger partial charge in [-0.15, -0.1) is 5.10 Å². The maximum Gasteiger partial charge on any atom is 0.305 e. The summed E-state index contributed by atoms with van der Waals surface area (Å²) in [6.45, 7) is 0. The largest absolute Gasteiger partial charge is 0.496 e. The Hall–Kier alpha value is -2.95. The van der Waals surface area contributed by atoms with Crippen molar-refractivity contribution < 1.29 is 24.4 Å². The van der Waals surface area contributed by atoms with Gasteiger partial charge >= 0.3 is 5.97 Å². The number of rotatable bonds is 6. The average Bonchev–Trinajstić information content (AvgIpc) is 2.86. The molecule has 0 radical (unpaired) electrons. The Bertz CT molecular complexity index is 748. The molecule has 1 aliphatic heterocycles. The highest BCUT2D eigenvalue weighted by Crippen LogP contribution is 2.23. The molecule has 1 saturated heterocycles. The lowest BCUT2D eigenvalue weighted by Crippen LogP contribution is -2.26. The summed E-state index contributed by atoms with van der Waals surface area (Å²) in [7, 11) is 1.38. The van der Waals surface area contributed by atoms with Crippen LogP contribution in [-0.2, 0) is 9.59 Å². The van der Waals surface area contributed by atoms with Gasteiger partial charge in [0, 0.05) is 11.6 Å². The Kier molecular flexibility index (Phi) is 5.47. The standard InChI is InChI=1S/C13H12N4O6S/c1-23-9-3-7(2-8(4-9)17(21)22)6-14-16-13-15-12(20)10(24-13)5-11(18)19/h2-4,6,10H,5H2,1H3,(H,18,19)(H,15,16,20). The Labute approximate surface area is 139 Å². The molecule has 11 heteroatoms. The molecule has 1 aromatic rings. The van der Waals surface area contributed by atoms with Crippen molar-refractivity contribution in [2.45, 2.75) is 11.7 Å². The van der Waals surface area contributed by atoms with Gasteiger partial charge in [-0.25, -0.2) is 0 Å². The number of carbonyl (C=O) groups excluding carboxylic acids is 1. The molecule has 0 aliphatic carbocycles. The summed E-state index contributed by atoms with van der Waals surface area (Å²) in [5, 5.41) is 28.9. The summed E-state index contributed by atoms with van der Waals surface area (Å²) >= 11 is 0.960. The molecule has 126 valence electrons. The van der Waals surface area contributed by atoms with E-state index in [1.165, 1.54) is 31.5 Å². The molecule has 1 unspecified atom stereocenters. The van der Waals surface area contributed by atoms with Crippen molar-refractivity contribution in [3.8, 4) is 5.75 Å². The Balaban J connectivity index is 2.11. The van der Waals surface area contributed by atoms with Gasteiger partial charge in [-0.05, 0) is 6.07 Å². The number of nitro groups is 1. The maximum atomic E-state index is 11.5. The maximum absolute atomic E-state index is 11.5. The van der Waals surface area contributed by atoms with Crippen LogP contribution in [0.2, 0.25) is 0 Å². The molecular formula is C13H12N4O6S. The van der Waals surface area contributed by atoms with Crippen molar-refractivity contribution >= 4 is 40.7 Å². The van der Waals surface area contributed by atoms with E-state index < -0.39 is 22.0 Å². The van der Waals surface area contributed by atoms with Crippen LogP contribution in [0.5, 0.6) is 5.75 Å². The van der Waals surface area contributed by atoms with Crippen molar-refractivity contribution in [1.82, 2.24) is 5.32 Å². The molecule has 0 saturated carbocycles. The van der Waals surface area contributed by atoms with Gasteiger partial charge in [-0.2, -0.15) is 5.10 Å². The topological polar surface area (TPSA) is 143 Å². The highest BCUT2D eigenvalue weighted by atomic mass is 32.2. The predicted octanol–water partition coefficient (Wildman–Crippen LogP) is 1.000. The molecule has 1 fully saturated rings. The van der Waals surface area contributed by atoms with Crippen molar-refractivity contribution in [2.75, 3.05) is 7.11 Å². The number of nitrogens with one attached hydrogen (secondary N) is 1. The second kappa shape index (κ2) is 7.55. The fourth-order valence-corrected chi connectivity index (χ4v) is 2.71. The van der Waals surface area contributed by atoms with Crippen LogP contribution in [0.25, 0.3) is 0 Å². The van der Waals surface area contributed by atoms with Crippen LogP contribution in [-0.4, -0.2) is 45.6 Å². The van der Waals surface area contributed by atoms with Crippen LogP contribution in [0.1, 0.15) is 12.0 Å². The highest BCUT2D eigenvalue weighted by Gasteiger charge is 2.32. The van der Waals surface area contributed by atoms with E-state index in [1.54, 1.807) is 0 Å². The molecule has 2 N–H and O–H groups in total. The van der Waals surface area contributed by atoms with Crippen LogP contribution in [0.15, 0.2) is 28.4 Å². The second-order valence-corrected chi connectivity index (χ2v) is 5.76. The number of nitrogens with zero attached hydrogens (tertiary/aromatic N) is 3. The average molecular weight is 352 g/mol. The monoisotopic (exact) mass is 352 g/mol. The van der Waals surface area contributed by atoms with Gasteiger partial charge in [0.2, 0.25) is 5.91 Å². The molecular weight excluding hydrogens is 340 g/mol. The number of nitro benzene ring substituents is 1. The van der Waals surface area contributed by atoms with Crippen LogP contribution in [0.3, 0.4) is 0 Å². The minimum Gasteiger partial charge on any atom is -0.496 e. The van der Waals surface area contributed by atoms with E-state index in [9.17, 15) is 19.7 Å². The predicted molar refractivity (Wildman–Crippen MR) is 86.5 cm³/mol. The summed E-state index contributed by atoms with van der Waals surface area (Å²) in [4.78, 5) is 32.4. The third-order valence-corrected chi connectivity index (χ3v) is 3.92. The Morgan fingerprint density at radius 2 is 2.29 bits per heavy atom. The number of carbonyl (C=O) groups is 2. The minimum atomic E-state index is -1.09. The molecule has 0 bridgehead atoms. The molecule has 1 aromatic carbocycles. The third kappa shape index (κ3) is 4.52. The summed E-state index contributed by atoms with van der Waals surface area (Å²) in [5.41, 5.74) is 0.232. The minimum absolute atomic E-state index is 0.159. The first-order valence-electron chi connectivity index (χ1n) is 6.53. The van der Waals surface area contributed by atoms with Crippen LogP contribution < -0.4 is 10.1 Å². The second-order valence-electron chi connectivity index (χ2n) is 4.56. The van der Waals surface area contributed by atoms with E-state index in [0.717, 1.165) is 11.8 Å². The molecule has 1 amide bonds. The fourth-order valence-electron chi connectivity index (χ4n) is 1.80. The molecule has 24 heavy (non-hydrogen) atoms. The molecule has 10 nitrogen and oxygen atoms in total. The number of ether oxygens (including phenoxy) is 1. The lowest BCUT2D eigenvalue weighted by Gasteiger charge is -2.00. The van der Waals surface area contributed by atoms with Gasteiger partial charge in [0.05, 0.1) is 30.7 Å². The normalized spacial score (nSPS) is 18.8. The molecule has 0 aromatic heterocycles. The van der Waals surface area contributed by atoms with Crippen molar-refractivity contribution in [2.24, 2.45) is 10.2 Å². The number of methoxy groups -OCH3 is 1. The van der Waals surface area contributed by atoms with Crippen LogP contribution in [0, 0.1) is 10.1 Å². The third-order valence-electron chi connectivity index (χ3n) is 2.85. The number of non-ortho nitro benzene ring substituents is 1. The summed E-state index contributed by atoms with van der Waals surface area (Å²) in [6, 6.07) is 4.09. The Morgan fingerprint density at radius 3 is 2.92 bits per heavy atom. The smallest absolute Gasteiger partial charge is 0.305 e. The zero-order valence-electron chi connectivity index (χ0n) is 12.3. The first-order chi connectivity index (χ1) is 11.4. The van der Waals surface area contributed by atoms with Crippen LogP contribution in [0.4, 0.5) is 5.69 Å². The number of hydrogen-bond acceptors (Lipinski definition) is 8. The molecule has 1 atom stereocenters. The zero-order chi connectivity index (χ0) is 17.7. The van der Waals surface area contributed by atoms with Gasteiger partial charge in [0.25, 0.3) is 5.69 Å². The van der Waals surface area contributed by atoms with Gasteiger partial charge in [-0.3, -0.25) is 19.7 Å². The number of hydrogen-bond donors (Lipinski definition) is 2. The first-order valence-corrected chi connectivity index (χ1v) is 7.41. The van der Waals surface area contributed by atoms with E-state index in [0.29, 0.717) is 11.3 Å². The molecule has 2 rings (SSSR count). The SMILES string of the molecule is COc1cc(C=NN=C2NC(=O)C(CC(=O)O)S2)cc([N+](=O)[O-])c1. The van der Waals surface area contributed by atoms with E-state index in [4.69, 9.17) is 9.84 Å². The summed E-state index contributed by atoms with van der Waals surface area (Å²) in [5.74, 6) is -1.24. The van der Waals surface area contributed by atoms with Gasteiger partial charge < -0.3 is 15.2 Å². The zero-order valence-corrected chi connectivity index (χ0v) is 13.1. The quantitative estimate of drug-likeness (QED) is 0.441. The summed E-state index contributed by atoms with van der Waals surface area (Å²) < 4.78 is 4.97. The van der Waals surface area contributed by atoms with Gasteiger partial charge in [0.15, 0.2) is 5.17 Å². The number of amides is 1. The van der Waals surface area contributed by atoms with E-state index in [2.05, 4.69) is 15.5 Å².